The fourth-order valence-corrected chi connectivity index (χ4v) is 0.415. The predicted molar refractivity (Wildman–Crippen MR) is 37.5 cm³/mol. The summed E-state index contributed by atoms with van der Waals surface area (Å²) in [6.07, 6.45) is 1.73. The Labute approximate surface area is 60.3 Å². The van der Waals surface area contributed by atoms with E-state index in [1.807, 2.05) is 0 Å². The molecule has 0 saturated heterocycles. The molecule has 10 heavy (non-hydrogen) atoms. The van der Waals surface area contributed by atoms with Gasteiger partial charge in [-0.1, -0.05) is 6.08 Å². The first-order chi connectivity index (χ1) is 4.70. The maximum absolute atomic E-state index is 10.2. The Hall–Kier alpha value is -0.830. The number of aliphatic hydroxyl groups is 1. The van der Waals surface area contributed by atoms with Crippen molar-refractivity contribution in [3.63, 3.8) is 0 Å². The normalized spacial score (nSPS) is 11.3. The van der Waals surface area contributed by atoms with E-state index in [0.717, 1.165) is 5.57 Å². The summed E-state index contributed by atoms with van der Waals surface area (Å²) >= 11 is 0. The molecule has 3 heteroatoms. The second kappa shape index (κ2) is 4.99. The molecule has 0 fully saturated rings. The number of hydrogen-bond donors (Lipinski definition) is 1. The number of allylic oxidation sites excluding steroid dienone is 1. The van der Waals surface area contributed by atoms with E-state index in [2.05, 4.69) is 4.74 Å². The molecule has 0 heterocycles. The second-order valence-electron chi connectivity index (χ2n) is 1.89. The number of hydrogen-bond acceptors (Lipinski definition) is 3. The van der Waals surface area contributed by atoms with Crippen molar-refractivity contribution in [3.05, 3.63) is 11.6 Å². The highest BCUT2D eigenvalue weighted by atomic mass is 16.5. The fourth-order valence-electron chi connectivity index (χ4n) is 0.415. The SMILES string of the molecule is C/C=C(\CO)COC(C)=O. The van der Waals surface area contributed by atoms with E-state index in [9.17, 15) is 4.79 Å². The Bertz CT molecular complexity index is 138. The third-order valence-corrected chi connectivity index (χ3v) is 1.07. The van der Waals surface area contributed by atoms with Crippen LogP contribution in [0.5, 0.6) is 0 Å². The summed E-state index contributed by atoms with van der Waals surface area (Å²) in [7, 11) is 0. The van der Waals surface area contributed by atoms with Crippen molar-refractivity contribution in [1.29, 1.82) is 0 Å². The van der Waals surface area contributed by atoms with Gasteiger partial charge in [0, 0.05) is 6.92 Å². The molecule has 0 radical (unpaired) electrons. The van der Waals surface area contributed by atoms with Gasteiger partial charge in [0.15, 0.2) is 0 Å². The first-order valence-corrected chi connectivity index (χ1v) is 3.09. The number of aliphatic hydroxyl groups excluding tert-OH is 1. The predicted octanol–water partition coefficient (Wildman–Crippen LogP) is 0.488. The van der Waals surface area contributed by atoms with Crippen molar-refractivity contribution >= 4 is 5.97 Å². The number of esters is 1. The van der Waals surface area contributed by atoms with Gasteiger partial charge in [0.2, 0.25) is 0 Å². The van der Waals surface area contributed by atoms with Gasteiger partial charge >= 0.3 is 5.97 Å². The van der Waals surface area contributed by atoms with E-state index >= 15 is 0 Å². The molecular formula is C7H12O3. The van der Waals surface area contributed by atoms with Crippen LogP contribution in [0.15, 0.2) is 11.6 Å². The number of rotatable bonds is 3. The van der Waals surface area contributed by atoms with Crippen molar-refractivity contribution < 1.29 is 14.6 Å². The fraction of sp³-hybridized carbons (Fsp3) is 0.571. The van der Waals surface area contributed by atoms with Crippen LogP contribution in [-0.4, -0.2) is 24.3 Å². The molecule has 0 aliphatic heterocycles. The van der Waals surface area contributed by atoms with Crippen LogP contribution < -0.4 is 0 Å². The molecule has 0 atom stereocenters. The average Bonchev–Trinajstić information content (AvgIpc) is 1.90. The molecule has 0 bridgehead atoms. The molecule has 0 spiro atoms. The molecule has 0 rings (SSSR count). The van der Waals surface area contributed by atoms with Crippen LogP contribution in [0.2, 0.25) is 0 Å². The second-order valence-corrected chi connectivity index (χ2v) is 1.89. The minimum Gasteiger partial charge on any atom is -0.461 e. The molecule has 3 nitrogen and oxygen atoms in total. The third-order valence-electron chi connectivity index (χ3n) is 1.07. The molecule has 0 saturated carbocycles. The molecule has 1 N–H and O–H groups in total. The molecule has 0 aromatic carbocycles. The Balaban J connectivity index is 3.56. The maximum atomic E-state index is 10.2. The summed E-state index contributed by atoms with van der Waals surface area (Å²) in [4.78, 5) is 10.2. The van der Waals surface area contributed by atoms with Gasteiger partial charge in [-0.15, -0.1) is 0 Å². The standard InChI is InChI=1S/C7H12O3/c1-3-7(4-8)5-10-6(2)9/h3,8H,4-5H2,1-2H3/b7-3+. The molecule has 0 amide bonds. The van der Waals surface area contributed by atoms with Crippen molar-refractivity contribution in [1.82, 2.24) is 0 Å². The Kier molecular flexibility index (Phi) is 4.58. The number of ether oxygens (including phenoxy) is 1. The zero-order valence-corrected chi connectivity index (χ0v) is 6.26. The van der Waals surface area contributed by atoms with Crippen LogP contribution >= 0.6 is 0 Å². The van der Waals surface area contributed by atoms with Crippen LogP contribution in [0.4, 0.5) is 0 Å². The summed E-state index contributed by atoms with van der Waals surface area (Å²) in [5.41, 5.74) is 0.718. The van der Waals surface area contributed by atoms with Gasteiger partial charge < -0.3 is 9.84 Å². The highest BCUT2D eigenvalue weighted by Crippen LogP contribution is 1.92. The van der Waals surface area contributed by atoms with Gasteiger partial charge in [-0.2, -0.15) is 0 Å². The van der Waals surface area contributed by atoms with Gasteiger partial charge in [0.05, 0.1) is 6.61 Å². The average molecular weight is 144 g/mol. The topological polar surface area (TPSA) is 46.5 Å². The van der Waals surface area contributed by atoms with Gasteiger partial charge in [0.1, 0.15) is 6.61 Å². The molecule has 58 valence electrons. The highest BCUT2D eigenvalue weighted by molar-refractivity contribution is 5.66. The van der Waals surface area contributed by atoms with Crippen LogP contribution in [0.3, 0.4) is 0 Å². The van der Waals surface area contributed by atoms with Crippen molar-refractivity contribution in [2.24, 2.45) is 0 Å². The number of carbonyl (C=O) groups is 1. The minimum atomic E-state index is -0.326. The number of carbonyl (C=O) groups excluding carboxylic acids is 1. The van der Waals surface area contributed by atoms with Gasteiger partial charge in [0.25, 0.3) is 0 Å². The molecule has 0 aromatic rings. The van der Waals surface area contributed by atoms with E-state index in [0.29, 0.717) is 0 Å². The monoisotopic (exact) mass is 144 g/mol. The Morgan fingerprint density at radius 2 is 2.30 bits per heavy atom. The van der Waals surface area contributed by atoms with Crippen LogP contribution in [0.25, 0.3) is 0 Å². The zero-order chi connectivity index (χ0) is 7.98. The molecule has 0 aromatic heterocycles. The lowest BCUT2D eigenvalue weighted by molar-refractivity contribution is -0.140. The van der Waals surface area contributed by atoms with Crippen LogP contribution in [-0.2, 0) is 9.53 Å². The molecule has 0 aliphatic carbocycles. The van der Waals surface area contributed by atoms with Crippen molar-refractivity contribution in [2.45, 2.75) is 13.8 Å². The van der Waals surface area contributed by atoms with Crippen LogP contribution in [0, 0.1) is 0 Å². The Morgan fingerprint density at radius 3 is 2.60 bits per heavy atom. The van der Waals surface area contributed by atoms with Gasteiger partial charge in [-0.3, -0.25) is 4.79 Å². The van der Waals surface area contributed by atoms with Crippen molar-refractivity contribution in [2.75, 3.05) is 13.2 Å². The molecular weight excluding hydrogens is 132 g/mol. The summed E-state index contributed by atoms with van der Waals surface area (Å²) < 4.78 is 4.62. The largest absolute Gasteiger partial charge is 0.461 e. The summed E-state index contributed by atoms with van der Waals surface area (Å²) in [6.45, 7) is 3.27. The first-order valence-electron chi connectivity index (χ1n) is 3.09. The highest BCUT2D eigenvalue weighted by Gasteiger charge is 1.95. The van der Waals surface area contributed by atoms with Crippen molar-refractivity contribution in [3.8, 4) is 0 Å². The van der Waals surface area contributed by atoms with E-state index in [-0.39, 0.29) is 19.2 Å². The quantitative estimate of drug-likeness (QED) is 0.463. The third kappa shape index (κ3) is 4.09. The van der Waals surface area contributed by atoms with Crippen LogP contribution in [0.1, 0.15) is 13.8 Å². The minimum absolute atomic E-state index is 0.0518. The summed E-state index contributed by atoms with van der Waals surface area (Å²) in [5.74, 6) is -0.326. The van der Waals surface area contributed by atoms with Gasteiger partial charge in [-0.05, 0) is 12.5 Å². The first kappa shape index (κ1) is 9.17. The molecule has 0 aliphatic rings. The lowest BCUT2D eigenvalue weighted by Gasteiger charge is -2.01. The van der Waals surface area contributed by atoms with Gasteiger partial charge in [-0.25, -0.2) is 0 Å². The molecule has 0 unspecified atom stereocenters. The summed E-state index contributed by atoms with van der Waals surface area (Å²) in [6, 6.07) is 0. The van der Waals surface area contributed by atoms with E-state index < -0.39 is 0 Å². The van der Waals surface area contributed by atoms with E-state index in [1.54, 1.807) is 13.0 Å². The Morgan fingerprint density at radius 1 is 1.70 bits per heavy atom. The lowest BCUT2D eigenvalue weighted by Crippen LogP contribution is -2.05. The summed E-state index contributed by atoms with van der Waals surface area (Å²) in [5, 5.41) is 8.58. The maximum Gasteiger partial charge on any atom is 0.302 e. The zero-order valence-electron chi connectivity index (χ0n) is 6.26. The van der Waals surface area contributed by atoms with E-state index in [1.165, 1.54) is 6.92 Å². The lowest BCUT2D eigenvalue weighted by atomic mass is 10.3. The van der Waals surface area contributed by atoms with E-state index in [4.69, 9.17) is 5.11 Å². The smallest absolute Gasteiger partial charge is 0.302 e.